The fourth-order valence-corrected chi connectivity index (χ4v) is 2.18. The number of hydrogen-bond acceptors (Lipinski definition) is 3. The molecule has 0 atom stereocenters. The maximum absolute atomic E-state index is 11.2. The van der Waals surface area contributed by atoms with Gasteiger partial charge < -0.3 is 4.84 Å². The van der Waals surface area contributed by atoms with Crippen molar-refractivity contribution >= 4 is 5.97 Å². The van der Waals surface area contributed by atoms with E-state index in [0.29, 0.717) is 6.42 Å². The fourth-order valence-electron chi connectivity index (χ4n) is 2.18. The number of nitrogens with zero attached hydrogens (tertiary/aromatic N) is 1. The Morgan fingerprint density at radius 1 is 0.789 bits per heavy atom. The van der Waals surface area contributed by atoms with Crippen LogP contribution in [0.1, 0.15) is 84.0 Å². The molecule has 114 valence electrons. The molecule has 0 aliphatic rings. The summed E-state index contributed by atoms with van der Waals surface area (Å²) in [6.07, 6.45) is 14.9. The molecule has 0 radical (unpaired) electrons. The molecule has 19 heavy (non-hydrogen) atoms. The van der Waals surface area contributed by atoms with Crippen LogP contribution in [0.15, 0.2) is 0 Å². The van der Waals surface area contributed by atoms with Gasteiger partial charge >= 0.3 is 5.97 Å². The van der Waals surface area contributed by atoms with E-state index in [1.54, 1.807) is 14.1 Å². The van der Waals surface area contributed by atoms with Crippen LogP contribution in [-0.2, 0) is 9.63 Å². The summed E-state index contributed by atoms with van der Waals surface area (Å²) in [6, 6.07) is 0. The lowest BCUT2D eigenvalue weighted by molar-refractivity contribution is -0.178. The third-order valence-electron chi connectivity index (χ3n) is 3.27. The summed E-state index contributed by atoms with van der Waals surface area (Å²) < 4.78 is 0. The van der Waals surface area contributed by atoms with E-state index in [-0.39, 0.29) is 5.97 Å². The van der Waals surface area contributed by atoms with Crippen molar-refractivity contribution in [2.45, 2.75) is 84.0 Å². The minimum atomic E-state index is -0.110. The second-order valence-corrected chi connectivity index (χ2v) is 5.56. The van der Waals surface area contributed by atoms with Crippen LogP contribution in [0.25, 0.3) is 0 Å². The van der Waals surface area contributed by atoms with Gasteiger partial charge in [0.05, 0.1) is 0 Å². The summed E-state index contributed by atoms with van der Waals surface area (Å²) in [4.78, 5) is 16.2. The predicted molar refractivity (Wildman–Crippen MR) is 80.9 cm³/mol. The highest BCUT2D eigenvalue weighted by atomic mass is 16.7. The Hall–Kier alpha value is -0.570. The molecule has 0 saturated carbocycles. The van der Waals surface area contributed by atoms with E-state index >= 15 is 0 Å². The summed E-state index contributed by atoms with van der Waals surface area (Å²) in [5, 5.41) is 1.46. The normalized spacial score (nSPS) is 10.9. The third-order valence-corrected chi connectivity index (χ3v) is 3.27. The Morgan fingerprint density at radius 3 is 1.63 bits per heavy atom. The highest BCUT2D eigenvalue weighted by molar-refractivity contribution is 5.68. The molecule has 0 aliphatic heterocycles. The van der Waals surface area contributed by atoms with E-state index in [9.17, 15) is 4.79 Å². The molecule has 0 bridgehead atoms. The van der Waals surface area contributed by atoms with Crippen molar-refractivity contribution in [1.82, 2.24) is 5.06 Å². The lowest BCUT2D eigenvalue weighted by Gasteiger charge is -2.09. The van der Waals surface area contributed by atoms with Crippen LogP contribution in [0, 0.1) is 0 Å². The summed E-state index contributed by atoms with van der Waals surface area (Å²) >= 11 is 0. The zero-order valence-corrected chi connectivity index (χ0v) is 13.2. The molecule has 0 aromatic rings. The first-order chi connectivity index (χ1) is 9.16. The third kappa shape index (κ3) is 15.4. The zero-order chi connectivity index (χ0) is 14.3. The van der Waals surface area contributed by atoms with Crippen molar-refractivity contribution < 1.29 is 9.63 Å². The summed E-state index contributed by atoms with van der Waals surface area (Å²) in [5.74, 6) is -0.110. The number of carbonyl (C=O) groups is 1. The lowest BCUT2D eigenvalue weighted by atomic mass is 10.1. The largest absolute Gasteiger partial charge is 0.369 e. The van der Waals surface area contributed by atoms with Crippen LogP contribution < -0.4 is 0 Å². The SMILES string of the molecule is CCCCCCCCCCCCCC(=O)ON(C)C. The lowest BCUT2D eigenvalue weighted by Crippen LogP contribution is -2.18. The average Bonchev–Trinajstić information content (AvgIpc) is 2.35. The van der Waals surface area contributed by atoms with Crippen molar-refractivity contribution in [3.63, 3.8) is 0 Å². The first-order valence-corrected chi connectivity index (χ1v) is 8.05. The Morgan fingerprint density at radius 2 is 1.21 bits per heavy atom. The van der Waals surface area contributed by atoms with E-state index in [2.05, 4.69) is 6.92 Å². The smallest absolute Gasteiger partial charge is 0.325 e. The molecule has 0 amide bonds. The first-order valence-electron chi connectivity index (χ1n) is 8.05. The second-order valence-electron chi connectivity index (χ2n) is 5.56. The van der Waals surface area contributed by atoms with Crippen LogP contribution in [0.2, 0.25) is 0 Å². The van der Waals surface area contributed by atoms with Gasteiger partial charge in [-0.3, -0.25) is 4.79 Å². The number of hydroxylamine groups is 2. The fraction of sp³-hybridized carbons (Fsp3) is 0.938. The molecule has 0 rings (SSSR count). The van der Waals surface area contributed by atoms with Crippen LogP contribution in [0.4, 0.5) is 0 Å². The van der Waals surface area contributed by atoms with Crippen LogP contribution >= 0.6 is 0 Å². The molecule has 3 nitrogen and oxygen atoms in total. The molecule has 3 heteroatoms. The van der Waals surface area contributed by atoms with Gasteiger partial charge in [0, 0.05) is 20.5 Å². The predicted octanol–water partition coefficient (Wildman–Crippen LogP) is 4.71. The molecular weight excluding hydrogens is 238 g/mol. The van der Waals surface area contributed by atoms with Gasteiger partial charge in [-0.25, -0.2) is 0 Å². The monoisotopic (exact) mass is 271 g/mol. The minimum Gasteiger partial charge on any atom is -0.369 e. The van der Waals surface area contributed by atoms with E-state index in [4.69, 9.17) is 4.84 Å². The van der Waals surface area contributed by atoms with E-state index in [0.717, 1.165) is 12.8 Å². The van der Waals surface area contributed by atoms with Crippen molar-refractivity contribution in [2.24, 2.45) is 0 Å². The van der Waals surface area contributed by atoms with Gasteiger partial charge in [-0.15, -0.1) is 5.06 Å². The molecule has 0 saturated heterocycles. The van der Waals surface area contributed by atoms with E-state index < -0.39 is 0 Å². The van der Waals surface area contributed by atoms with Gasteiger partial charge in [0.2, 0.25) is 0 Å². The Kier molecular flexibility index (Phi) is 13.4. The van der Waals surface area contributed by atoms with Crippen LogP contribution in [-0.4, -0.2) is 25.1 Å². The molecule has 0 heterocycles. The van der Waals surface area contributed by atoms with Gasteiger partial charge in [-0.1, -0.05) is 71.1 Å². The van der Waals surface area contributed by atoms with Crippen molar-refractivity contribution in [3.8, 4) is 0 Å². The first kappa shape index (κ1) is 18.4. The highest BCUT2D eigenvalue weighted by Crippen LogP contribution is 2.12. The van der Waals surface area contributed by atoms with Crippen molar-refractivity contribution in [3.05, 3.63) is 0 Å². The molecular formula is C16H33NO2. The van der Waals surface area contributed by atoms with Gasteiger partial charge in [0.15, 0.2) is 0 Å². The van der Waals surface area contributed by atoms with Gasteiger partial charge in [0.1, 0.15) is 0 Å². The quantitative estimate of drug-likeness (QED) is 0.359. The topological polar surface area (TPSA) is 29.5 Å². The average molecular weight is 271 g/mol. The maximum Gasteiger partial charge on any atom is 0.325 e. The number of carbonyl (C=O) groups excluding carboxylic acids is 1. The van der Waals surface area contributed by atoms with Gasteiger partial charge in [-0.2, -0.15) is 0 Å². The molecule has 0 aromatic carbocycles. The van der Waals surface area contributed by atoms with Crippen LogP contribution in [0.3, 0.4) is 0 Å². The van der Waals surface area contributed by atoms with Crippen molar-refractivity contribution in [1.29, 1.82) is 0 Å². The summed E-state index contributed by atoms with van der Waals surface area (Å²) in [5.41, 5.74) is 0. The molecule has 0 aliphatic carbocycles. The minimum absolute atomic E-state index is 0.110. The summed E-state index contributed by atoms with van der Waals surface area (Å²) in [6.45, 7) is 2.26. The molecule has 0 spiro atoms. The number of rotatable bonds is 13. The second kappa shape index (κ2) is 13.9. The Bertz CT molecular complexity index is 205. The highest BCUT2D eigenvalue weighted by Gasteiger charge is 2.03. The van der Waals surface area contributed by atoms with Gasteiger partial charge in [0.25, 0.3) is 0 Å². The van der Waals surface area contributed by atoms with E-state index in [1.165, 1.54) is 62.9 Å². The molecule has 0 N–H and O–H groups in total. The van der Waals surface area contributed by atoms with Crippen molar-refractivity contribution in [2.75, 3.05) is 14.1 Å². The molecule has 0 fully saturated rings. The standard InChI is InChI=1S/C16H33NO2/c1-4-5-6-7-8-9-10-11-12-13-14-15-16(18)19-17(2)3/h4-15H2,1-3H3. The Balaban J connectivity index is 3.08. The zero-order valence-electron chi connectivity index (χ0n) is 13.2. The Labute approximate surface area is 119 Å². The van der Waals surface area contributed by atoms with Gasteiger partial charge in [-0.05, 0) is 6.42 Å². The van der Waals surface area contributed by atoms with Crippen LogP contribution in [0.5, 0.6) is 0 Å². The number of hydrogen-bond donors (Lipinski definition) is 0. The molecule has 0 unspecified atom stereocenters. The maximum atomic E-state index is 11.2. The molecule has 0 aromatic heterocycles. The summed E-state index contributed by atoms with van der Waals surface area (Å²) in [7, 11) is 3.47. The van der Waals surface area contributed by atoms with E-state index in [1.807, 2.05) is 0 Å². The number of unbranched alkanes of at least 4 members (excludes halogenated alkanes) is 10.